The van der Waals surface area contributed by atoms with Crippen LogP contribution in [0.3, 0.4) is 0 Å². The Kier molecular flexibility index (Phi) is 6.76. The summed E-state index contributed by atoms with van der Waals surface area (Å²) >= 11 is 0. The summed E-state index contributed by atoms with van der Waals surface area (Å²) in [5.41, 5.74) is 4.89. The lowest BCUT2D eigenvalue weighted by molar-refractivity contribution is 0.0946. The number of hydrogen-bond donors (Lipinski definition) is 3. The molecule has 1 aromatic carbocycles. The number of nitrogens with zero attached hydrogens (tertiary/aromatic N) is 4. The largest absolute Gasteiger partial charge is 0.347 e. The van der Waals surface area contributed by atoms with Gasteiger partial charge in [-0.3, -0.25) is 19.6 Å². The van der Waals surface area contributed by atoms with E-state index in [-0.39, 0.29) is 17.2 Å². The number of amides is 1. The van der Waals surface area contributed by atoms with Crippen molar-refractivity contribution in [1.29, 1.82) is 0 Å². The number of aromatic amines is 1. The molecule has 0 radical (unpaired) electrons. The molecule has 5 rings (SSSR count). The molecule has 9 heteroatoms. The molecule has 0 atom stereocenters. The average Bonchev–Trinajstić information content (AvgIpc) is 2.92. The third-order valence-corrected chi connectivity index (χ3v) is 5.50. The van der Waals surface area contributed by atoms with Crippen molar-refractivity contribution in [3.05, 3.63) is 119 Å². The van der Waals surface area contributed by atoms with E-state index in [2.05, 4.69) is 35.6 Å². The average molecular weight is 490 g/mol. The molecule has 0 bridgehead atoms. The van der Waals surface area contributed by atoms with Gasteiger partial charge in [0.2, 0.25) is 5.56 Å². The number of hydrogen-bond acceptors (Lipinski definition) is 7. The SMILES string of the molecule is Cc1cc(Nc2cc[nH]c(=O)c2)nc(-c2ccc(C(=O)NCc3ccc(-c4ccccc4)nc3)nc2)n1. The maximum atomic E-state index is 12.6. The van der Waals surface area contributed by atoms with Gasteiger partial charge in [0.15, 0.2) is 5.82 Å². The maximum Gasteiger partial charge on any atom is 0.270 e. The normalized spacial score (nSPS) is 10.6. The number of aryl methyl sites for hydroxylation is 1. The van der Waals surface area contributed by atoms with Crippen molar-refractivity contribution in [2.45, 2.75) is 13.5 Å². The molecule has 0 aliphatic heterocycles. The van der Waals surface area contributed by atoms with E-state index in [9.17, 15) is 9.59 Å². The van der Waals surface area contributed by atoms with E-state index in [0.29, 0.717) is 29.4 Å². The number of aromatic nitrogens is 5. The van der Waals surface area contributed by atoms with Gasteiger partial charge in [0.25, 0.3) is 5.91 Å². The molecule has 5 aromatic rings. The highest BCUT2D eigenvalue weighted by molar-refractivity contribution is 5.92. The van der Waals surface area contributed by atoms with Crippen LogP contribution in [-0.2, 0) is 6.54 Å². The Balaban J connectivity index is 1.23. The van der Waals surface area contributed by atoms with E-state index in [4.69, 9.17) is 0 Å². The second-order valence-corrected chi connectivity index (χ2v) is 8.32. The highest BCUT2D eigenvalue weighted by Gasteiger charge is 2.11. The van der Waals surface area contributed by atoms with E-state index in [0.717, 1.165) is 22.5 Å². The molecule has 3 N–H and O–H groups in total. The Morgan fingerprint density at radius 3 is 2.49 bits per heavy atom. The zero-order valence-electron chi connectivity index (χ0n) is 20.0. The Labute approximate surface area is 212 Å². The number of pyridine rings is 3. The molecule has 0 saturated heterocycles. The summed E-state index contributed by atoms with van der Waals surface area (Å²) in [7, 11) is 0. The van der Waals surface area contributed by atoms with Crippen LogP contribution in [0.2, 0.25) is 0 Å². The second kappa shape index (κ2) is 10.6. The van der Waals surface area contributed by atoms with E-state index in [1.807, 2.05) is 49.4 Å². The number of anilines is 2. The fraction of sp³-hybridized carbons (Fsp3) is 0.0714. The molecule has 0 aliphatic carbocycles. The highest BCUT2D eigenvalue weighted by atomic mass is 16.1. The molecule has 1 amide bonds. The predicted octanol–water partition coefficient (Wildman–Crippen LogP) is 4.27. The minimum atomic E-state index is -0.291. The van der Waals surface area contributed by atoms with Crippen molar-refractivity contribution < 1.29 is 4.79 Å². The number of carbonyl (C=O) groups excluding carboxylic acids is 1. The van der Waals surface area contributed by atoms with Gasteiger partial charge in [-0.15, -0.1) is 0 Å². The Morgan fingerprint density at radius 2 is 1.76 bits per heavy atom. The van der Waals surface area contributed by atoms with Crippen molar-refractivity contribution in [1.82, 2.24) is 30.2 Å². The molecular formula is C28H23N7O2. The summed E-state index contributed by atoms with van der Waals surface area (Å²) < 4.78 is 0. The maximum absolute atomic E-state index is 12.6. The van der Waals surface area contributed by atoms with E-state index >= 15 is 0 Å². The first-order chi connectivity index (χ1) is 18.0. The number of carbonyl (C=O) groups is 1. The first kappa shape index (κ1) is 23.6. The standard InChI is InChI=1S/C28H23N7O2/c1-18-13-25(34-22-11-12-29-26(36)14-22)35-27(33-18)21-8-10-24(31-17-21)28(37)32-16-19-7-9-23(30-15-19)20-5-3-2-4-6-20/h2-15,17H,16H2,1H3,(H,32,37)(H2,29,33,34,35,36). The zero-order chi connectivity index (χ0) is 25.6. The molecular weight excluding hydrogens is 466 g/mol. The van der Waals surface area contributed by atoms with Crippen molar-refractivity contribution in [2.75, 3.05) is 5.32 Å². The smallest absolute Gasteiger partial charge is 0.270 e. The molecule has 0 unspecified atom stereocenters. The Hall–Kier alpha value is -5.18. The molecule has 0 spiro atoms. The van der Waals surface area contributed by atoms with Gasteiger partial charge in [0.05, 0.1) is 5.69 Å². The number of nitrogens with one attached hydrogen (secondary N) is 3. The highest BCUT2D eigenvalue weighted by Crippen LogP contribution is 2.20. The summed E-state index contributed by atoms with van der Waals surface area (Å²) in [5, 5.41) is 5.98. The molecule has 4 heterocycles. The fourth-order valence-electron chi connectivity index (χ4n) is 3.67. The summed E-state index contributed by atoms with van der Waals surface area (Å²) in [5.74, 6) is 0.707. The topological polar surface area (TPSA) is 126 Å². The van der Waals surface area contributed by atoms with Crippen molar-refractivity contribution in [2.24, 2.45) is 0 Å². The number of rotatable bonds is 7. The molecule has 37 heavy (non-hydrogen) atoms. The van der Waals surface area contributed by atoms with Gasteiger partial charge in [-0.2, -0.15) is 0 Å². The van der Waals surface area contributed by atoms with Crippen LogP contribution in [0, 0.1) is 6.92 Å². The fourth-order valence-corrected chi connectivity index (χ4v) is 3.67. The molecule has 0 fully saturated rings. The number of H-pyrrole nitrogens is 1. The summed E-state index contributed by atoms with van der Waals surface area (Å²) in [6, 6.07) is 22.1. The van der Waals surface area contributed by atoms with Crippen LogP contribution in [0.1, 0.15) is 21.7 Å². The summed E-state index contributed by atoms with van der Waals surface area (Å²) in [6.07, 6.45) is 4.88. The third kappa shape index (κ3) is 5.91. The predicted molar refractivity (Wildman–Crippen MR) is 141 cm³/mol. The van der Waals surface area contributed by atoms with Gasteiger partial charge in [-0.05, 0) is 36.8 Å². The lowest BCUT2D eigenvalue weighted by Gasteiger charge is -2.09. The zero-order valence-corrected chi connectivity index (χ0v) is 20.0. The van der Waals surface area contributed by atoms with Crippen LogP contribution in [0.5, 0.6) is 0 Å². The van der Waals surface area contributed by atoms with Crippen LogP contribution in [0.15, 0.2) is 96.2 Å². The number of benzene rings is 1. The third-order valence-electron chi connectivity index (χ3n) is 5.50. The first-order valence-corrected chi connectivity index (χ1v) is 11.6. The summed E-state index contributed by atoms with van der Waals surface area (Å²) in [4.78, 5) is 44.5. The second-order valence-electron chi connectivity index (χ2n) is 8.32. The minimum absolute atomic E-state index is 0.213. The lowest BCUT2D eigenvalue weighted by Crippen LogP contribution is -2.23. The van der Waals surface area contributed by atoms with Gasteiger partial charge in [-0.25, -0.2) is 9.97 Å². The van der Waals surface area contributed by atoms with Crippen LogP contribution in [0.4, 0.5) is 11.5 Å². The van der Waals surface area contributed by atoms with Gasteiger partial charge >= 0.3 is 0 Å². The Bertz CT molecular complexity index is 1580. The van der Waals surface area contributed by atoms with Crippen molar-refractivity contribution in [3.8, 4) is 22.6 Å². The molecule has 182 valence electrons. The van der Waals surface area contributed by atoms with Crippen molar-refractivity contribution >= 4 is 17.4 Å². The molecule has 9 nitrogen and oxygen atoms in total. The van der Waals surface area contributed by atoms with Crippen molar-refractivity contribution in [3.63, 3.8) is 0 Å². The minimum Gasteiger partial charge on any atom is -0.347 e. The van der Waals surface area contributed by atoms with E-state index in [1.54, 1.807) is 42.9 Å². The van der Waals surface area contributed by atoms with Gasteiger partial charge in [-0.1, -0.05) is 36.4 Å². The van der Waals surface area contributed by atoms with Crippen LogP contribution >= 0.6 is 0 Å². The lowest BCUT2D eigenvalue weighted by atomic mass is 10.1. The van der Waals surface area contributed by atoms with Gasteiger partial charge in [0, 0.05) is 59.8 Å². The monoisotopic (exact) mass is 489 g/mol. The molecule has 0 aliphatic rings. The Morgan fingerprint density at radius 1 is 0.892 bits per heavy atom. The van der Waals surface area contributed by atoms with E-state index < -0.39 is 0 Å². The van der Waals surface area contributed by atoms with E-state index in [1.165, 1.54) is 6.07 Å². The van der Waals surface area contributed by atoms with Crippen LogP contribution in [-0.4, -0.2) is 30.8 Å². The molecule has 0 saturated carbocycles. The summed E-state index contributed by atoms with van der Waals surface area (Å²) in [6.45, 7) is 2.19. The molecule has 4 aromatic heterocycles. The van der Waals surface area contributed by atoms with Crippen LogP contribution in [0.25, 0.3) is 22.6 Å². The van der Waals surface area contributed by atoms with Gasteiger partial charge in [0.1, 0.15) is 11.5 Å². The van der Waals surface area contributed by atoms with Crippen LogP contribution < -0.4 is 16.2 Å². The first-order valence-electron chi connectivity index (χ1n) is 11.6. The van der Waals surface area contributed by atoms with Gasteiger partial charge < -0.3 is 15.6 Å². The quantitative estimate of drug-likeness (QED) is 0.312.